The summed E-state index contributed by atoms with van der Waals surface area (Å²) in [7, 11) is 0. The molecule has 0 unspecified atom stereocenters. The minimum Gasteiger partial charge on any atom is -0.308 e. The smallest absolute Gasteiger partial charge is 0.308 e. The van der Waals surface area contributed by atoms with Crippen LogP contribution < -0.4 is 5.32 Å². The summed E-state index contributed by atoms with van der Waals surface area (Å²) >= 11 is 0. The highest BCUT2D eigenvalue weighted by Crippen LogP contribution is 2.22. The molecule has 3 nitrogen and oxygen atoms in total. The van der Waals surface area contributed by atoms with Gasteiger partial charge in [0.1, 0.15) is 0 Å². The number of nitrogens with zero attached hydrogens (tertiary/aromatic N) is 1. The van der Waals surface area contributed by atoms with Gasteiger partial charge in [0.2, 0.25) is 0 Å². The normalized spacial score (nSPS) is 18.4. The molecule has 72 valence electrons. The lowest BCUT2D eigenvalue weighted by Gasteiger charge is -2.33. The molecule has 0 aromatic rings. The van der Waals surface area contributed by atoms with Gasteiger partial charge in [-0.3, -0.25) is 4.90 Å². The molecule has 0 atom stereocenters. The van der Waals surface area contributed by atoms with Crippen molar-refractivity contribution in [3.05, 3.63) is 23.5 Å². The molecule has 0 saturated carbocycles. The summed E-state index contributed by atoms with van der Waals surface area (Å²) in [5.41, 5.74) is 2.75. The summed E-state index contributed by atoms with van der Waals surface area (Å²) in [4.78, 5) is 13.3. The van der Waals surface area contributed by atoms with Crippen molar-refractivity contribution < 1.29 is 4.79 Å². The summed E-state index contributed by atoms with van der Waals surface area (Å²) in [5.74, 6) is 0. The van der Waals surface area contributed by atoms with Gasteiger partial charge in [0.25, 0.3) is 0 Å². The molecule has 0 spiro atoms. The Morgan fingerprint density at radius 3 is 2.38 bits per heavy atom. The first-order chi connectivity index (χ1) is 5.95. The summed E-state index contributed by atoms with van der Waals surface area (Å²) in [6.07, 6.45) is 0. The van der Waals surface area contributed by atoms with Crippen LogP contribution in [0.4, 0.5) is 4.79 Å². The number of nitrogens with one attached hydrogen (secondary N) is 1. The van der Waals surface area contributed by atoms with Crippen molar-refractivity contribution in [2.75, 3.05) is 0 Å². The molecule has 13 heavy (non-hydrogen) atoms. The summed E-state index contributed by atoms with van der Waals surface area (Å²) in [6, 6.07) is 0.103. The highest BCUT2D eigenvalue weighted by atomic mass is 16.2. The second-order valence-electron chi connectivity index (χ2n) is 3.58. The molecule has 1 aliphatic rings. The van der Waals surface area contributed by atoms with E-state index in [1.807, 2.05) is 27.7 Å². The maximum atomic E-state index is 11.5. The Balaban J connectivity index is 3.10. The molecule has 1 aliphatic heterocycles. The first-order valence-electron chi connectivity index (χ1n) is 4.42. The number of rotatable bonds is 1. The van der Waals surface area contributed by atoms with E-state index in [9.17, 15) is 4.79 Å². The fourth-order valence-corrected chi connectivity index (χ4v) is 1.46. The van der Waals surface area contributed by atoms with Crippen LogP contribution in [0.15, 0.2) is 23.5 Å². The first-order valence-corrected chi connectivity index (χ1v) is 4.42. The van der Waals surface area contributed by atoms with Crippen LogP contribution in [0.3, 0.4) is 0 Å². The highest BCUT2D eigenvalue weighted by Gasteiger charge is 2.25. The first kappa shape index (κ1) is 9.84. The van der Waals surface area contributed by atoms with E-state index in [-0.39, 0.29) is 12.1 Å². The molecule has 1 heterocycles. The fraction of sp³-hybridized carbons (Fsp3) is 0.500. The van der Waals surface area contributed by atoms with E-state index in [4.69, 9.17) is 0 Å². The fourth-order valence-electron chi connectivity index (χ4n) is 1.46. The quantitative estimate of drug-likeness (QED) is 0.659. The van der Waals surface area contributed by atoms with Gasteiger partial charge in [-0.05, 0) is 33.3 Å². The Hall–Kier alpha value is -1.25. The Bertz CT molecular complexity index is 289. The van der Waals surface area contributed by atoms with Crippen molar-refractivity contribution in [2.45, 2.75) is 33.7 Å². The van der Waals surface area contributed by atoms with Crippen molar-refractivity contribution in [2.24, 2.45) is 0 Å². The van der Waals surface area contributed by atoms with Crippen LogP contribution in [0.25, 0.3) is 0 Å². The molecule has 0 aliphatic carbocycles. The van der Waals surface area contributed by atoms with Crippen molar-refractivity contribution in [3.63, 3.8) is 0 Å². The third-order valence-electron chi connectivity index (χ3n) is 2.35. The number of urea groups is 1. The van der Waals surface area contributed by atoms with E-state index in [1.165, 1.54) is 0 Å². The number of amides is 2. The minimum absolute atomic E-state index is 0.0805. The summed E-state index contributed by atoms with van der Waals surface area (Å²) in [5, 5.41) is 2.73. The molecule has 0 saturated heterocycles. The predicted molar refractivity (Wildman–Crippen MR) is 53.0 cm³/mol. The molecule has 0 radical (unpaired) electrons. The number of carbonyl (C=O) groups excluding carboxylic acids is 1. The Morgan fingerprint density at radius 2 is 1.92 bits per heavy atom. The zero-order valence-corrected chi connectivity index (χ0v) is 8.64. The zero-order chi connectivity index (χ0) is 10.2. The van der Waals surface area contributed by atoms with Gasteiger partial charge in [0.15, 0.2) is 0 Å². The van der Waals surface area contributed by atoms with Crippen molar-refractivity contribution in [1.82, 2.24) is 10.2 Å². The molecular formula is C10H16N2O. The lowest BCUT2D eigenvalue weighted by Crippen LogP contribution is -2.46. The lowest BCUT2D eigenvalue weighted by molar-refractivity contribution is 0.200. The molecule has 0 fully saturated rings. The standard InChI is InChI=1S/C10H16N2O/c1-6(2)12-9(5)7(3)8(4)11-10(12)13/h6H,4H2,1-3,5H3,(H,11,13). The molecule has 0 bridgehead atoms. The maximum Gasteiger partial charge on any atom is 0.326 e. The maximum absolute atomic E-state index is 11.5. The van der Waals surface area contributed by atoms with Crippen molar-refractivity contribution in [3.8, 4) is 0 Å². The van der Waals surface area contributed by atoms with Gasteiger partial charge >= 0.3 is 6.03 Å². The lowest BCUT2D eigenvalue weighted by atomic mass is 10.1. The Kier molecular flexibility index (Phi) is 2.45. The Labute approximate surface area is 79.1 Å². The van der Waals surface area contributed by atoms with E-state index in [0.717, 1.165) is 11.3 Å². The van der Waals surface area contributed by atoms with Gasteiger partial charge in [0.05, 0.1) is 0 Å². The molecule has 1 rings (SSSR count). The van der Waals surface area contributed by atoms with Crippen LogP contribution in [0.1, 0.15) is 27.7 Å². The second kappa shape index (κ2) is 3.24. The monoisotopic (exact) mass is 180 g/mol. The van der Waals surface area contributed by atoms with Gasteiger partial charge in [0, 0.05) is 17.4 Å². The molecule has 3 heteroatoms. The highest BCUT2D eigenvalue weighted by molar-refractivity contribution is 5.81. The van der Waals surface area contributed by atoms with Gasteiger partial charge in [-0.25, -0.2) is 4.79 Å². The third kappa shape index (κ3) is 1.59. The van der Waals surface area contributed by atoms with Gasteiger partial charge in [-0.1, -0.05) is 6.58 Å². The van der Waals surface area contributed by atoms with Crippen LogP contribution >= 0.6 is 0 Å². The van der Waals surface area contributed by atoms with E-state index >= 15 is 0 Å². The predicted octanol–water partition coefficient (Wildman–Crippen LogP) is 2.23. The van der Waals surface area contributed by atoms with Crippen molar-refractivity contribution in [1.29, 1.82) is 0 Å². The third-order valence-corrected chi connectivity index (χ3v) is 2.35. The number of carbonyl (C=O) groups is 1. The number of allylic oxidation sites excluding steroid dienone is 2. The summed E-state index contributed by atoms with van der Waals surface area (Å²) in [6.45, 7) is 11.7. The number of hydrogen-bond donors (Lipinski definition) is 1. The van der Waals surface area contributed by atoms with E-state index < -0.39 is 0 Å². The molecule has 1 N–H and O–H groups in total. The van der Waals surface area contributed by atoms with E-state index in [0.29, 0.717) is 5.70 Å². The van der Waals surface area contributed by atoms with Crippen molar-refractivity contribution >= 4 is 6.03 Å². The molecule has 2 amide bonds. The van der Waals surface area contributed by atoms with Crippen LogP contribution in [0.5, 0.6) is 0 Å². The average molecular weight is 180 g/mol. The number of hydrogen-bond acceptors (Lipinski definition) is 1. The zero-order valence-electron chi connectivity index (χ0n) is 8.64. The second-order valence-corrected chi connectivity index (χ2v) is 3.58. The Morgan fingerprint density at radius 1 is 1.38 bits per heavy atom. The minimum atomic E-state index is -0.0805. The van der Waals surface area contributed by atoms with Gasteiger partial charge in [-0.15, -0.1) is 0 Å². The van der Waals surface area contributed by atoms with Crippen LogP contribution in [0.2, 0.25) is 0 Å². The van der Waals surface area contributed by atoms with E-state index in [2.05, 4.69) is 11.9 Å². The molecule has 0 aromatic carbocycles. The largest absolute Gasteiger partial charge is 0.326 e. The summed E-state index contributed by atoms with van der Waals surface area (Å²) < 4.78 is 0. The van der Waals surface area contributed by atoms with Gasteiger partial charge in [-0.2, -0.15) is 0 Å². The van der Waals surface area contributed by atoms with Crippen LogP contribution in [-0.2, 0) is 0 Å². The molecule has 0 aromatic heterocycles. The van der Waals surface area contributed by atoms with Gasteiger partial charge < -0.3 is 5.32 Å². The topological polar surface area (TPSA) is 32.3 Å². The average Bonchev–Trinajstić information content (AvgIpc) is 1.99. The SMILES string of the molecule is C=C1NC(=O)N(C(C)C)C(C)=C1C. The van der Waals surface area contributed by atoms with E-state index in [1.54, 1.807) is 4.90 Å². The molecular weight excluding hydrogens is 164 g/mol. The van der Waals surface area contributed by atoms with Crippen LogP contribution in [-0.4, -0.2) is 17.0 Å². The van der Waals surface area contributed by atoms with Crippen LogP contribution in [0, 0.1) is 0 Å².